The smallest absolute Gasteiger partial charge is 0.255 e. The van der Waals surface area contributed by atoms with Crippen molar-refractivity contribution in [2.45, 2.75) is 32.4 Å². The second-order valence-corrected chi connectivity index (χ2v) is 11.3. The number of rotatable bonds is 4. The van der Waals surface area contributed by atoms with E-state index in [0.717, 1.165) is 13.0 Å². The van der Waals surface area contributed by atoms with Crippen molar-refractivity contribution in [2.24, 2.45) is 0 Å². The van der Waals surface area contributed by atoms with Crippen molar-refractivity contribution in [3.8, 4) is 0 Å². The highest BCUT2D eigenvalue weighted by atomic mass is 35.5. The van der Waals surface area contributed by atoms with E-state index in [1.807, 2.05) is 11.8 Å². The summed E-state index contributed by atoms with van der Waals surface area (Å²) >= 11 is 14.0. The molecule has 2 aromatic carbocycles. The lowest BCUT2D eigenvalue weighted by atomic mass is 9.89. The van der Waals surface area contributed by atoms with Crippen LogP contribution in [0.3, 0.4) is 0 Å². The quantitative estimate of drug-likeness (QED) is 0.426. The lowest BCUT2D eigenvalue weighted by Gasteiger charge is -2.43. The fourth-order valence-corrected chi connectivity index (χ4v) is 6.76. The van der Waals surface area contributed by atoms with Gasteiger partial charge in [0, 0.05) is 42.6 Å². The van der Waals surface area contributed by atoms with Gasteiger partial charge in [0.2, 0.25) is 5.91 Å². The Morgan fingerprint density at radius 2 is 1.67 bits per heavy atom. The van der Waals surface area contributed by atoms with Gasteiger partial charge < -0.3 is 9.80 Å². The van der Waals surface area contributed by atoms with Gasteiger partial charge in [0.15, 0.2) is 0 Å². The predicted molar refractivity (Wildman–Crippen MR) is 146 cm³/mol. The summed E-state index contributed by atoms with van der Waals surface area (Å²) in [4.78, 5) is 34.1. The van der Waals surface area contributed by atoms with Crippen LogP contribution in [0.15, 0.2) is 53.9 Å². The zero-order valence-corrected chi connectivity index (χ0v) is 22.7. The van der Waals surface area contributed by atoms with E-state index < -0.39 is 0 Å². The maximum Gasteiger partial charge on any atom is 0.255 e. The minimum atomic E-state index is -0.268. The summed E-state index contributed by atoms with van der Waals surface area (Å²) in [5, 5.41) is 3.01. The SMILES string of the molecule is Cc1ccccc1[C@@H]1c2ccsc2CCN1[C@@H](C)C(=O)N1CCN(C(=O)c2ccc(Cl)cc2Cl)CC1. The van der Waals surface area contributed by atoms with Gasteiger partial charge in [-0.05, 0) is 66.6 Å². The van der Waals surface area contributed by atoms with Gasteiger partial charge in [-0.2, -0.15) is 0 Å². The number of aryl methyl sites for hydroxylation is 1. The first-order valence-electron chi connectivity index (χ1n) is 12.3. The molecule has 1 aromatic heterocycles. The molecule has 1 saturated heterocycles. The molecule has 188 valence electrons. The third kappa shape index (κ3) is 4.80. The number of nitrogens with zero attached hydrogens (tertiary/aromatic N) is 3. The summed E-state index contributed by atoms with van der Waals surface area (Å²) in [6, 6.07) is 15.4. The zero-order valence-electron chi connectivity index (χ0n) is 20.4. The van der Waals surface area contributed by atoms with Crippen LogP contribution >= 0.6 is 34.5 Å². The fraction of sp³-hybridized carbons (Fsp3) is 0.357. The Kier molecular flexibility index (Phi) is 7.40. The van der Waals surface area contributed by atoms with Crippen LogP contribution in [0.4, 0.5) is 0 Å². The number of benzene rings is 2. The molecule has 36 heavy (non-hydrogen) atoms. The maximum absolute atomic E-state index is 13.7. The number of hydrogen-bond acceptors (Lipinski definition) is 4. The number of hydrogen-bond donors (Lipinski definition) is 0. The van der Waals surface area contributed by atoms with Gasteiger partial charge in [-0.25, -0.2) is 0 Å². The van der Waals surface area contributed by atoms with Crippen molar-refractivity contribution >= 4 is 46.4 Å². The molecular weight excluding hydrogens is 513 g/mol. The van der Waals surface area contributed by atoms with Crippen LogP contribution in [-0.4, -0.2) is 65.3 Å². The number of amides is 2. The first-order chi connectivity index (χ1) is 17.3. The van der Waals surface area contributed by atoms with Crippen LogP contribution in [0, 0.1) is 6.92 Å². The third-order valence-corrected chi connectivity index (χ3v) is 8.93. The zero-order chi connectivity index (χ0) is 25.4. The van der Waals surface area contributed by atoms with Crippen LogP contribution in [0.25, 0.3) is 0 Å². The van der Waals surface area contributed by atoms with Crippen LogP contribution in [0.1, 0.15) is 44.9 Å². The molecule has 0 bridgehead atoms. The summed E-state index contributed by atoms with van der Waals surface area (Å²) in [5.74, 6) is -0.0127. The van der Waals surface area contributed by atoms with Gasteiger partial charge in [0.25, 0.3) is 5.91 Å². The molecule has 3 aromatic rings. The number of fused-ring (bicyclic) bond motifs is 1. The molecular formula is C28H29Cl2N3O2S. The van der Waals surface area contributed by atoms with Crippen LogP contribution in [0.5, 0.6) is 0 Å². The Hall–Kier alpha value is -2.38. The van der Waals surface area contributed by atoms with Crippen molar-refractivity contribution < 1.29 is 9.59 Å². The molecule has 0 unspecified atom stereocenters. The fourth-order valence-electron chi connectivity index (χ4n) is 5.36. The number of halogens is 2. The largest absolute Gasteiger partial charge is 0.338 e. The highest BCUT2D eigenvalue weighted by Gasteiger charge is 2.38. The van der Waals surface area contributed by atoms with Crippen molar-refractivity contribution in [3.05, 3.63) is 91.1 Å². The van der Waals surface area contributed by atoms with Gasteiger partial charge in [0.1, 0.15) is 0 Å². The highest BCUT2D eigenvalue weighted by Crippen LogP contribution is 2.40. The number of carbonyl (C=O) groups is 2. The van der Waals surface area contributed by atoms with E-state index in [-0.39, 0.29) is 23.9 Å². The molecule has 0 saturated carbocycles. The number of piperazine rings is 1. The number of carbonyl (C=O) groups excluding carboxylic acids is 2. The molecule has 2 aliphatic heterocycles. The van der Waals surface area contributed by atoms with Crippen molar-refractivity contribution in [2.75, 3.05) is 32.7 Å². The lowest BCUT2D eigenvalue weighted by Crippen LogP contribution is -2.56. The standard InChI is InChI=1S/C28H29Cl2N3O2S/c1-18-5-3-4-6-21(18)26-23-10-16-36-25(23)9-11-33(26)19(2)27(34)31-12-14-32(15-13-31)28(35)22-8-7-20(29)17-24(22)30/h3-8,10,16-17,19,26H,9,11-15H2,1-2H3/t19-,26+/m0/s1. The maximum atomic E-state index is 13.7. The van der Waals surface area contributed by atoms with Crippen molar-refractivity contribution in [1.82, 2.24) is 14.7 Å². The molecule has 2 atom stereocenters. The van der Waals surface area contributed by atoms with Crippen LogP contribution in [0.2, 0.25) is 10.0 Å². The molecule has 0 spiro atoms. The van der Waals surface area contributed by atoms with E-state index >= 15 is 0 Å². The van der Waals surface area contributed by atoms with E-state index in [9.17, 15) is 9.59 Å². The Bertz CT molecular complexity index is 1290. The van der Waals surface area contributed by atoms with E-state index in [2.05, 4.69) is 47.5 Å². The normalized spacial score (nSPS) is 19.2. The van der Waals surface area contributed by atoms with E-state index in [0.29, 0.717) is 41.8 Å². The minimum absolute atomic E-state index is 0.0649. The Labute approximate surface area is 226 Å². The molecule has 2 aliphatic rings. The topological polar surface area (TPSA) is 43.9 Å². The van der Waals surface area contributed by atoms with E-state index in [1.165, 1.54) is 21.6 Å². The molecule has 5 rings (SSSR count). The van der Waals surface area contributed by atoms with Crippen LogP contribution in [-0.2, 0) is 11.2 Å². The monoisotopic (exact) mass is 541 g/mol. The second kappa shape index (κ2) is 10.5. The van der Waals surface area contributed by atoms with Gasteiger partial charge >= 0.3 is 0 Å². The van der Waals surface area contributed by atoms with Crippen molar-refractivity contribution in [3.63, 3.8) is 0 Å². The first kappa shape index (κ1) is 25.3. The lowest BCUT2D eigenvalue weighted by molar-refractivity contribution is -0.138. The highest BCUT2D eigenvalue weighted by molar-refractivity contribution is 7.10. The summed E-state index contributed by atoms with van der Waals surface area (Å²) in [5.41, 5.74) is 4.25. The molecule has 0 radical (unpaired) electrons. The molecule has 0 N–H and O–H groups in total. The first-order valence-corrected chi connectivity index (χ1v) is 13.9. The Balaban J connectivity index is 1.30. The third-order valence-electron chi connectivity index (χ3n) is 7.38. The minimum Gasteiger partial charge on any atom is -0.338 e. The molecule has 8 heteroatoms. The average Bonchev–Trinajstić information content (AvgIpc) is 3.36. The van der Waals surface area contributed by atoms with Gasteiger partial charge in [-0.3, -0.25) is 14.5 Å². The van der Waals surface area contributed by atoms with Gasteiger partial charge in [-0.1, -0.05) is 47.5 Å². The number of thiophene rings is 1. The van der Waals surface area contributed by atoms with Crippen LogP contribution < -0.4 is 0 Å². The summed E-state index contributed by atoms with van der Waals surface area (Å²) in [6.45, 7) is 6.98. The summed E-state index contributed by atoms with van der Waals surface area (Å²) in [7, 11) is 0. The van der Waals surface area contributed by atoms with Gasteiger partial charge in [0.05, 0.1) is 22.7 Å². The molecule has 0 aliphatic carbocycles. The van der Waals surface area contributed by atoms with E-state index in [1.54, 1.807) is 34.4 Å². The van der Waals surface area contributed by atoms with E-state index in [4.69, 9.17) is 23.2 Å². The Morgan fingerprint density at radius 3 is 2.39 bits per heavy atom. The molecule has 5 nitrogen and oxygen atoms in total. The predicted octanol–water partition coefficient (Wildman–Crippen LogP) is 5.68. The van der Waals surface area contributed by atoms with Crippen molar-refractivity contribution in [1.29, 1.82) is 0 Å². The van der Waals surface area contributed by atoms with Gasteiger partial charge in [-0.15, -0.1) is 11.3 Å². The summed E-state index contributed by atoms with van der Waals surface area (Å²) in [6.07, 6.45) is 0.955. The summed E-state index contributed by atoms with van der Waals surface area (Å²) < 4.78 is 0. The molecule has 3 heterocycles. The molecule has 2 amide bonds. The average molecular weight is 543 g/mol. The molecule has 1 fully saturated rings. The second-order valence-electron chi connectivity index (χ2n) is 9.46. The Morgan fingerprint density at radius 1 is 0.944 bits per heavy atom.